The predicted molar refractivity (Wildman–Crippen MR) is 72.4 cm³/mol. The quantitative estimate of drug-likeness (QED) is 0.672. The van der Waals surface area contributed by atoms with E-state index in [9.17, 15) is 9.18 Å². The minimum atomic E-state index is -0.686. The minimum Gasteiger partial charge on any atom is -0.465 e. The number of ether oxygens (including phenoxy) is 1. The number of fused-ring (bicyclic) bond motifs is 1. The summed E-state index contributed by atoms with van der Waals surface area (Å²) in [6.07, 6.45) is 3.43. The predicted octanol–water partition coefficient (Wildman–Crippen LogP) is 2.95. The van der Waals surface area contributed by atoms with Gasteiger partial charge in [-0.25, -0.2) is 13.9 Å². The lowest BCUT2D eigenvalue weighted by Gasteiger charge is -2.09. The summed E-state index contributed by atoms with van der Waals surface area (Å²) in [6.45, 7) is 0. The molecule has 0 fully saturated rings. The van der Waals surface area contributed by atoms with E-state index in [2.05, 4.69) is 9.84 Å². The minimum absolute atomic E-state index is 0.0717. The molecule has 0 saturated heterocycles. The van der Waals surface area contributed by atoms with E-state index in [1.54, 1.807) is 41.3 Å². The van der Waals surface area contributed by atoms with Gasteiger partial charge in [0.05, 0.1) is 18.4 Å². The Hall–Kier alpha value is -2.69. The highest BCUT2D eigenvalue weighted by molar-refractivity contribution is 5.98. The lowest BCUT2D eigenvalue weighted by Crippen LogP contribution is -2.05. The second-order valence-electron chi connectivity index (χ2n) is 4.24. The van der Waals surface area contributed by atoms with Crippen molar-refractivity contribution in [3.05, 3.63) is 60.2 Å². The highest BCUT2D eigenvalue weighted by Crippen LogP contribution is 2.26. The van der Waals surface area contributed by atoms with Crippen molar-refractivity contribution in [2.24, 2.45) is 0 Å². The molecule has 0 atom stereocenters. The molecular weight excluding hydrogens is 259 g/mol. The van der Waals surface area contributed by atoms with Gasteiger partial charge in [-0.15, -0.1) is 0 Å². The maximum atomic E-state index is 14.4. The van der Waals surface area contributed by atoms with Gasteiger partial charge in [0.25, 0.3) is 0 Å². The van der Waals surface area contributed by atoms with E-state index in [0.29, 0.717) is 10.8 Å². The number of hydrogen-bond donors (Lipinski definition) is 0. The van der Waals surface area contributed by atoms with E-state index in [1.165, 1.54) is 13.2 Å². The van der Waals surface area contributed by atoms with E-state index in [1.807, 2.05) is 6.07 Å². The Kier molecular flexibility index (Phi) is 2.95. The SMILES string of the molecule is COC(=O)c1ccc2c(-n3cccn3)cccc2c1F. The van der Waals surface area contributed by atoms with Crippen LogP contribution in [0.3, 0.4) is 0 Å². The highest BCUT2D eigenvalue weighted by atomic mass is 19.1. The Morgan fingerprint density at radius 2 is 2.05 bits per heavy atom. The number of nitrogens with zero attached hydrogens (tertiary/aromatic N) is 2. The fraction of sp³-hybridized carbons (Fsp3) is 0.0667. The van der Waals surface area contributed by atoms with E-state index in [-0.39, 0.29) is 5.56 Å². The molecular formula is C15H11FN2O2. The molecule has 0 saturated carbocycles. The van der Waals surface area contributed by atoms with Gasteiger partial charge in [0.15, 0.2) is 0 Å². The van der Waals surface area contributed by atoms with Gasteiger partial charge in [-0.3, -0.25) is 0 Å². The molecule has 5 heteroatoms. The fourth-order valence-electron chi connectivity index (χ4n) is 2.18. The molecule has 100 valence electrons. The van der Waals surface area contributed by atoms with Crippen LogP contribution in [0.4, 0.5) is 4.39 Å². The zero-order valence-electron chi connectivity index (χ0n) is 10.7. The van der Waals surface area contributed by atoms with Crippen LogP contribution in [-0.2, 0) is 4.74 Å². The van der Waals surface area contributed by atoms with Crippen LogP contribution < -0.4 is 0 Å². The molecule has 0 amide bonds. The summed E-state index contributed by atoms with van der Waals surface area (Å²) < 4.78 is 20.6. The van der Waals surface area contributed by atoms with Crippen LogP contribution in [0.1, 0.15) is 10.4 Å². The molecule has 4 nitrogen and oxygen atoms in total. The first-order chi connectivity index (χ1) is 9.72. The molecule has 0 bridgehead atoms. The first kappa shape index (κ1) is 12.3. The maximum absolute atomic E-state index is 14.4. The number of hydrogen-bond acceptors (Lipinski definition) is 3. The molecule has 0 spiro atoms. The molecule has 0 aliphatic carbocycles. The van der Waals surface area contributed by atoms with Gasteiger partial charge >= 0.3 is 5.97 Å². The third-order valence-electron chi connectivity index (χ3n) is 3.13. The van der Waals surface area contributed by atoms with Gasteiger partial charge in [-0.05, 0) is 18.2 Å². The second-order valence-corrected chi connectivity index (χ2v) is 4.24. The molecule has 0 radical (unpaired) electrons. The van der Waals surface area contributed by atoms with Crippen molar-refractivity contribution in [3.8, 4) is 5.69 Å². The van der Waals surface area contributed by atoms with Gasteiger partial charge in [0.2, 0.25) is 0 Å². The van der Waals surface area contributed by atoms with Gasteiger partial charge < -0.3 is 4.74 Å². The molecule has 1 aromatic heterocycles. The molecule has 0 unspecified atom stereocenters. The first-order valence-corrected chi connectivity index (χ1v) is 6.02. The molecule has 2 aromatic carbocycles. The molecule has 0 N–H and O–H groups in total. The Morgan fingerprint density at radius 3 is 2.75 bits per heavy atom. The van der Waals surface area contributed by atoms with Crippen molar-refractivity contribution < 1.29 is 13.9 Å². The summed E-state index contributed by atoms with van der Waals surface area (Å²) in [7, 11) is 1.23. The lowest BCUT2D eigenvalue weighted by molar-refractivity contribution is 0.0596. The third kappa shape index (κ3) is 1.84. The molecule has 0 aliphatic rings. The summed E-state index contributed by atoms with van der Waals surface area (Å²) in [6, 6.07) is 10.1. The van der Waals surface area contributed by atoms with Gasteiger partial charge in [0, 0.05) is 23.2 Å². The van der Waals surface area contributed by atoms with E-state index >= 15 is 0 Å². The Morgan fingerprint density at radius 1 is 1.20 bits per heavy atom. The van der Waals surface area contributed by atoms with E-state index in [4.69, 9.17) is 0 Å². The molecule has 20 heavy (non-hydrogen) atoms. The molecule has 1 heterocycles. The number of benzene rings is 2. The van der Waals surface area contributed by atoms with E-state index in [0.717, 1.165) is 5.69 Å². The highest BCUT2D eigenvalue weighted by Gasteiger charge is 2.16. The number of rotatable bonds is 2. The average Bonchev–Trinajstić information content (AvgIpc) is 3.00. The summed E-state index contributed by atoms with van der Waals surface area (Å²) in [5.74, 6) is -1.27. The van der Waals surface area contributed by atoms with Crippen LogP contribution in [0.15, 0.2) is 48.8 Å². The number of halogens is 1. The summed E-state index contributed by atoms with van der Waals surface area (Å²) in [4.78, 5) is 11.5. The van der Waals surface area contributed by atoms with Crippen molar-refractivity contribution in [2.45, 2.75) is 0 Å². The number of carbonyl (C=O) groups is 1. The Labute approximate surface area is 114 Å². The number of methoxy groups -OCH3 is 1. The molecule has 3 rings (SSSR count). The van der Waals surface area contributed by atoms with Crippen LogP contribution in [0.5, 0.6) is 0 Å². The number of esters is 1. The zero-order valence-corrected chi connectivity index (χ0v) is 10.7. The molecule has 3 aromatic rings. The van der Waals surface area contributed by atoms with Gasteiger partial charge in [0.1, 0.15) is 5.82 Å². The first-order valence-electron chi connectivity index (χ1n) is 6.02. The van der Waals surface area contributed by atoms with Gasteiger partial charge in [-0.1, -0.05) is 18.2 Å². The Balaban J connectivity index is 2.28. The number of aromatic nitrogens is 2. The van der Waals surface area contributed by atoms with Crippen molar-refractivity contribution in [1.82, 2.24) is 9.78 Å². The second kappa shape index (κ2) is 4.77. The monoisotopic (exact) mass is 270 g/mol. The standard InChI is InChI=1S/C15H11FN2O2/c1-20-15(19)12-7-6-10-11(14(12)16)4-2-5-13(10)18-9-3-8-17-18/h2-9H,1H3. The van der Waals surface area contributed by atoms with Crippen LogP contribution in [0.25, 0.3) is 16.5 Å². The fourth-order valence-corrected chi connectivity index (χ4v) is 2.18. The Bertz CT molecular complexity index is 782. The zero-order chi connectivity index (χ0) is 14.1. The largest absolute Gasteiger partial charge is 0.465 e. The van der Waals surface area contributed by atoms with Crippen LogP contribution in [0, 0.1) is 5.82 Å². The van der Waals surface area contributed by atoms with Crippen molar-refractivity contribution in [1.29, 1.82) is 0 Å². The molecule has 0 aliphatic heterocycles. The van der Waals surface area contributed by atoms with E-state index < -0.39 is 11.8 Å². The third-order valence-corrected chi connectivity index (χ3v) is 3.13. The normalized spacial score (nSPS) is 10.7. The van der Waals surface area contributed by atoms with Gasteiger partial charge in [-0.2, -0.15) is 5.10 Å². The lowest BCUT2D eigenvalue weighted by atomic mass is 10.0. The number of carbonyl (C=O) groups excluding carboxylic acids is 1. The van der Waals surface area contributed by atoms with Crippen LogP contribution in [0.2, 0.25) is 0 Å². The maximum Gasteiger partial charge on any atom is 0.340 e. The van der Waals surface area contributed by atoms with Crippen LogP contribution >= 0.6 is 0 Å². The smallest absolute Gasteiger partial charge is 0.340 e. The summed E-state index contributed by atoms with van der Waals surface area (Å²) in [5.41, 5.74) is 0.681. The van der Waals surface area contributed by atoms with Crippen molar-refractivity contribution in [2.75, 3.05) is 7.11 Å². The van der Waals surface area contributed by atoms with Crippen molar-refractivity contribution in [3.63, 3.8) is 0 Å². The summed E-state index contributed by atoms with van der Waals surface area (Å²) >= 11 is 0. The summed E-state index contributed by atoms with van der Waals surface area (Å²) in [5, 5.41) is 5.19. The van der Waals surface area contributed by atoms with Crippen molar-refractivity contribution >= 4 is 16.7 Å². The average molecular weight is 270 g/mol. The van der Waals surface area contributed by atoms with Crippen LogP contribution in [-0.4, -0.2) is 22.9 Å². The topological polar surface area (TPSA) is 44.1 Å².